The van der Waals surface area contributed by atoms with Gasteiger partial charge in [-0.05, 0) is 19.3 Å². The van der Waals surface area contributed by atoms with Gasteiger partial charge in [0.2, 0.25) is 0 Å². The molecule has 0 aliphatic carbocycles. The average molecular weight is 315 g/mol. The van der Waals surface area contributed by atoms with Crippen LogP contribution in [0.1, 0.15) is 18.4 Å². The molecular weight excluding hydrogens is 294 g/mol. The Kier molecular flexibility index (Phi) is 3.99. The molecule has 0 fully saturated rings. The number of anilines is 1. The highest BCUT2D eigenvalue weighted by molar-refractivity contribution is 5.82. The van der Waals surface area contributed by atoms with Gasteiger partial charge >= 0.3 is 0 Å². The molecule has 1 aliphatic heterocycles. The van der Waals surface area contributed by atoms with Crippen molar-refractivity contribution in [3.05, 3.63) is 66.2 Å². The lowest BCUT2D eigenvalue weighted by molar-refractivity contribution is 0.750. The summed E-state index contributed by atoms with van der Waals surface area (Å²) in [6.45, 7) is 1.06. The zero-order valence-electron chi connectivity index (χ0n) is 13.9. The summed E-state index contributed by atoms with van der Waals surface area (Å²) in [7, 11) is 2.17. The molecule has 0 saturated carbocycles. The van der Waals surface area contributed by atoms with Crippen molar-refractivity contribution in [3.8, 4) is 22.5 Å². The molecule has 2 heterocycles. The van der Waals surface area contributed by atoms with Gasteiger partial charge in [0, 0.05) is 30.3 Å². The van der Waals surface area contributed by atoms with Crippen LogP contribution in [0.5, 0.6) is 0 Å². The van der Waals surface area contributed by atoms with Gasteiger partial charge in [0.05, 0.1) is 11.4 Å². The number of nitrogens with zero attached hydrogens (tertiary/aromatic N) is 3. The van der Waals surface area contributed by atoms with E-state index in [4.69, 9.17) is 0 Å². The predicted molar refractivity (Wildman–Crippen MR) is 99.1 cm³/mol. The van der Waals surface area contributed by atoms with Crippen LogP contribution in [0.4, 0.5) is 5.69 Å². The Morgan fingerprint density at radius 1 is 0.750 bits per heavy atom. The molecule has 0 saturated heterocycles. The van der Waals surface area contributed by atoms with E-state index in [-0.39, 0.29) is 0 Å². The van der Waals surface area contributed by atoms with E-state index in [2.05, 4.69) is 70.7 Å². The first-order valence-electron chi connectivity index (χ1n) is 8.56. The van der Waals surface area contributed by atoms with Gasteiger partial charge in [-0.1, -0.05) is 60.7 Å². The molecule has 3 nitrogen and oxygen atoms in total. The molecule has 0 N–H and O–H groups in total. The maximum atomic E-state index is 4.64. The molecule has 0 amide bonds. The van der Waals surface area contributed by atoms with Crippen molar-refractivity contribution < 1.29 is 0 Å². The number of fused-ring (bicyclic) bond motifs is 1. The molecule has 2 aromatic carbocycles. The monoisotopic (exact) mass is 315 g/mol. The fourth-order valence-corrected chi connectivity index (χ4v) is 3.49. The standard InChI is InChI=1S/C21H21N3/c1-24-15-9-8-14-18-19(16-10-4-2-5-11-16)22-23-20(21(18)24)17-12-6-3-7-13-17/h2-7,10-13H,8-9,14-15H2,1H3. The molecule has 0 bridgehead atoms. The van der Waals surface area contributed by atoms with Crippen LogP contribution < -0.4 is 4.90 Å². The number of benzene rings is 2. The smallest absolute Gasteiger partial charge is 0.117 e. The Morgan fingerprint density at radius 3 is 2.00 bits per heavy atom. The van der Waals surface area contributed by atoms with Crippen LogP contribution in [0.3, 0.4) is 0 Å². The van der Waals surface area contributed by atoms with Gasteiger partial charge in [-0.15, -0.1) is 10.2 Å². The molecular formula is C21H21N3. The summed E-state index contributed by atoms with van der Waals surface area (Å²) in [4.78, 5) is 2.35. The second-order valence-electron chi connectivity index (χ2n) is 6.34. The molecule has 4 rings (SSSR count). The summed E-state index contributed by atoms with van der Waals surface area (Å²) in [6, 6.07) is 20.8. The van der Waals surface area contributed by atoms with Crippen LogP contribution in [-0.2, 0) is 6.42 Å². The molecule has 3 heteroatoms. The number of rotatable bonds is 2. The maximum Gasteiger partial charge on any atom is 0.117 e. The van der Waals surface area contributed by atoms with E-state index in [1.54, 1.807) is 0 Å². The molecule has 1 aromatic heterocycles. The van der Waals surface area contributed by atoms with Gasteiger partial charge in [0.25, 0.3) is 0 Å². The minimum absolute atomic E-state index is 0.995. The summed E-state index contributed by atoms with van der Waals surface area (Å²) in [5.41, 5.74) is 6.88. The van der Waals surface area contributed by atoms with Crippen molar-refractivity contribution in [3.63, 3.8) is 0 Å². The molecule has 0 spiro atoms. The summed E-state index contributed by atoms with van der Waals surface area (Å²) in [6.07, 6.45) is 3.45. The van der Waals surface area contributed by atoms with Crippen LogP contribution in [0.15, 0.2) is 60.7 Å². The van der Waals surface area contributed by atoms with Crippen LogP contribution in [0.25, 0.3) is 22.5 Å². The van der Waals surface area contributed by atoms with Gasteiger partial charge in [0.1, 0.15) is 5.69 Å². The number of hydrogen-bond acceptors (Lipinski definition) is 3. The van der Waals surface area contributed by atoms with Crippen LogP contribution in [0.2, 0.25) is 0 Å². The summed E-state index contributed by atoms with van der Waals surface area (Å²) >= 11 is 0. The van der Waals surface area contributed by atoms with E-state index < -0.39 is 0 Å². The zero-order valence-corrected chi connectivity index (χ0v) is 13.9. The van der Waals surface area contributed by atoms with Crippen LogP contribution >= 0.6 is 0 Å². The van der Waals surface area contributed by atoms with Crippen molar-refractivity contribution in [1.29, 1.82) is 0 Å². The third-order valence-electron chi connectivity index (χ3n) is 4.69. The van der Waals surface area contributed by atoms with E-state index in [0.717, 1.165) is 35.5 Å². The zero-order chi connectivity index (χ0) is 16.4. The van der Waals surface area contributed by atoms with Crippen molar-refractivity contribution in [1.82, 2.24) is 10.2 Å². The van der Waals surface area contributed by atoms with E-state index in [0.29, 0.717) is 0 Å². The number of aromatic nitrogens is 2. The first kappa shape index (κ1) is 14.9. The van der Waals surface area contributed by atoms with Gasteiger partial charge < -0.3 is 4.90 Å². The van der Waals surface area contributed by atoms with Gasteiger partial charge in [-0.25, -0.2) is 0 Å². The molecule has 3 aromatic rings. The first-order valence-corrected chi connectivity index (χ1v) is 8.56. The Morgan fingerprint density at radius 2 is 1.33 bits per heavy atom. The van der Waals surface area contributed by atoms with Crippen molar-refractivity contribution in [2.75, 3.05) is 18.5 Å². The highest BCUT2D eigenvalue weighted by Gasteiger charge is 2.23. The third kappa shape index (κ3) is 2.67. The van der Waals surface area contributed by atoms with Crippen LogP contribution in [-0.4, -0.2) is 23.8 Å². The molecule has 0 unspecified atom stereocenters. The summed E-state index contributed by atoms with van der Waals surface area (Å²) < 4.78 is 0. The first-order chi connectivity index (χ1) is 11.8. The molecule has 0 atom stereocenters. The molecule has 1 aliphatic rings. The van der Waals surface area contributed by atoms with E-state index in [9.17, 15) is 0 Å². The third-order valence-corrected chi connectivity index (χ3v) is 4.69. The minimum atomic E-state index is 0.995. The van der Waals surface area contributed by atoms with Gasteiger partial charge in [-0.2, -0.15) is 0 Å². The van der Waals surface area contributed by atoms with Crippen molar-refractivity contribution in [2.24, 2.45) is 0 Å². The highest BCUT2D eigenvalue weighted by Crippen LogP contribution is 2.38. The lowest BCUT2D eigenvalue weighted by atomic mass is 9.98. The second-order valence-corrected chi connectivity index (χ2v) is 6.34. The highest BCUT2D eigenvalue weighted by atomic mass is 15.2. The van der Waals surface area contributed by atoms with Crippen molar-refractivity contribution in [2.45, 2.75) is 19.3 Å². The Balaban J connectivity index is 1.96. The predicted octanol–water partition coefficient (Wildman–Crippen LogP) is 4.58. The SMILES string of the molecule is CN1CCCCc2c(-c3ccccc3)nnc(-c3ccccc3)c21. The molecule has 120 valence electrons. The molecule has 0 radical (unpaired) electrons. The number of hydrogen-bond donors (Lipinski definition) is 0. The van der Waals surface area contributed by atoms with Crippen molar-refractivity contribution >= 4 is 5.69 Å². The Labute approximate surface area is 143 Å². The van der Waals surface area contributed by atoms with E-state index >= 15 is 0 Å². The quantitative estimate of drug-likeness (QED) is 0.693. The summed E-state index contributed by atoms with van der Waals surface area (Å²) in [5, 5.41) is 9.28. The lowest BCUT2D eigenvalue weighted by Gasteiger charge is -2.23. The molecule has 24 heavy (non-hydrogen) atoms. The van der Waals surface area contributed by atoms with E-state index in [1.807, 2.05) is 12.1 Å². The van der Waals surface area contributed by atoms with Gasteiger partial charge in [0.15, 0.2) is 0 Å². The topological polar surface area (TPSA) is 29.0 Å². The fourth-order valence-electron chi connectivity index (χ4n) is 3.49. The lowest BCUT2D eigenvalue weighted by Crippen LogP contribution is -2.20. The van der Waals surface area contributed by atoms with Gasteiger partial charge in [-0.3, -0.25) is 0 Å². The minimum Gasteiger partial charge on any atom is -0.372 e. The largest absolute Gasteiger partial charge is 0.372 e. The Hall–Kier alpha value is -2.68. The average Bonchev–Trinajstić information content (AvgIpc) is 2.85. The summed E-state index contributed by atoms with van der Waals surface area (Å²) in [5.74, 6) is 0. The van der Waals surface area contributed by atoms with E-state index in [1.165, 1.54) is 24.1 Å². The fraction of sp³-hybridized carbons (Fsp3) is 0.238. The van der Waals surface area contributed by atoms with Crippen LogP contribution in [0, 0.1) is 0 Å². The normalized spacial score (nSPS) is 14.1. The second kappa shape index (κ2) is 6.44. The Bertz CT molecular complexity index is 828. The maximum absolute atomic E-state index is 4.64.